The van der Waals surface area contributed by atoms with Crippen LogP contribution in [0.15, 0.2) is 158 Å². The zero-order valence-electron chi connectivity index (χ0n) is 25.9. The fourth-order valence-electron chi connectivity index (χ4n) is 6.82. The molecule has 0 atom stereocenters. The zero-order chi connectivity index (χ0) is 31.0. The molecule has 0 aliphatic heterocycles. The van der Waals surface area contributed by atoms with Gasteiger partial charge in [-0.3, -0.25) is 9.97 Å². The molecule has 0 spiro atoms. The lowest BCUT2D eigenvalue weighted by Crippen LogP contribution is -1.92. The van der Waals surface area contributed by atoms with Crippen LogP contribution < -0.4 is 0 Å². The van der Waals surface area contributed by atoms with Gasteiger partial charge >= 0.3 is 0 Å². The number of aryl methyl sites for hydroxylation is 1. The Labute approximate surface area is 269 Å². The number of hydrogen-bond acceptors (Lipinski definition) is 2. The molecule has 2 heterocycles. The largest absolute Gasteiger partial charge is 0.254 e. The number of aromatic nitrogens is 2. The van der Waals surface area contributed by atoms with Gasteiger partial charge in [0.15, 0.2) is 0 Å². The highest BCUT2D eigenvalue weighted by atomic mass is 14.7. The lowest BCUT2D eigenvalue weighted by Gasteiger charge is -2.13. The number of pyridine rings is 2. The summed E-state index contributed by atoms with van der Waals surface area (Å²) in [5.74, 6) is 0. The lowest BCUT2D eigenvalue weighted by molar-refractivity contribution is 1.37. The molecule has 0 amide bonds. The van der Waals surface area contributed by atoms with Gasteiger partial charge in [0.2, 0.25) is 0 Å². The van der Waals surface area contributed by atoms with Crippen molar-refractivity contribution in [3.05, 3.63) is 175 Å². The van der Waals surface area contributed by atoms with Crippen molar-refractivity contribution < 1.29 is 0 Å². The van der Waals surface area contributed by atoms with Gasteiger partial charge in [0.25, 0.3) is 0 Å². The Kier molecular flexibility index (Phi) is 6.96. The van der Waals surface area contributed by atoms with Crippen LogP contribution in [0.2, 0.25) is 0 Å². The van der Waals surface area contributed by atoms with E-state index >= 15 is 0 Å². The van der Waals surface area contributed by atoms with Gasteiger partial charge in [-0.1, -0.05) is 133 Å². The molecule has 0 aliphatic rings. The van der Waals surface area contributed by atoms with Gasteiger partial charge in [-0.2, -0.15) is 0 Å². The third-order valence-electron chi connectivity index (χ3n) is 9.15. The van der Waals surface area contributed by atoms with Gasteiger partial charge in [0.05, 0.1) is 11.0 Å². The van der Waals surface area contributed by atoms with E-state index < -0.39 is 0 Å². The summed E-state index contributed by atoms with van der Waals surface area (Å²) >= 11 is 0. The van der Waals surface area contributed by atoms with Crippen molar-refractivity contribution in [3.8, 4) is 33.4 Å². The second kappa shape index (κ2) is 11.6. The Morgan fingerprint density at radius 3 is 1.61 bits per heavy atom. The number of allylic oxidation sites excluding steroid dienone is 1. The van der Waals surface area contributed by atoms with Crippen LogP contribution in [-0.2, 0) is 0 Å². The molecule has 0 radical (unpaired) electrons. The SMILES string of the molecule is CC=C(c1ccc(-c2ccnc3c2ccc2c(-c4ccc(-c5cccc6ccccc56)cc4)ccnc23)cc1)c1ccccc1C. The van der Waals surface area contributed by atoms with E-state index in [1.165, 1.54) is 44.2 Å². The summed E-state index contributed by atoms with van der Waals surface area (Å²) in [5.41, 5.74) is 13.9. The Bertz CT molecular complexity index is 2410. The van der Waals surface area contributed by atoms with Crippen LogP contribution in [0.1, 0.15) is 23.6 Å². The average molecular weight is 589 g/mol. The minimum Gasteiger partial charge on any atom is -0.254 e. The van der Waals surface area contributed by atoms with E-state index in [1.54, 1.807) is 0 Å². The van der Waals surface area contributed by atoms with Gasteiger partial charge in [0, 0.05) is 23.2 Å². The maximum atomic E-state index is 4.85. The molecule has 0 aliphatic carbocycles. The van der Waals surface area contributed by atoms with Crippen LogP contribution in [0.4, 0.5) is 0 Å². The first kappa shape index (κ1) is 27.7. The Morgan fingerprint density at radius 1 is 0.478 bits per heavy atom. The summed E-state index contributed by atoms with van der Waals surface area (Å²) in [6.45, 7) is 4.28. The summed E-state index contributed by atoms with van der Waals surface area (Å²) in [6, 6.07) is 50.0. The fourth-order valence-corrected chi connectivity index (χ4v) is 6.82. The average Bonchev–Trinajstić information content (AvgIpc) is 3.12. The van der Waals surface area contributed by atoms with Gasteiger partial charge in [-0.15, -0.1) is 0 Å². The van der Waals surface area contributed by atoms with E-state index in [2.05, 4.69) is 159 Å². The topological polar surface area (TPSA) is 25.8 Å². The molecule has 0 saturated carbocycles. The second-order valence-corrected chi connectivity index (χ2v) is 11.8. The van der Waals surface area contributed by atoms with E-state index in [0.717, 1.165) is 44.1 Å². The van der Waals surface area contributed by atoms with Crippen molar-refractivity contribution in [2.75, 3.05) is 0 Å². The number of fused-ring (bicyclic) bond motifs is 4. The molecule has 6 aromatic carbocycles. The molecular weight excluding hydrogens is 556 g/mol. The highest BCUT2D eigenvalue weighted by molar-refractivity contribution is 6.11. The number of hydrogen-bond donors (Lipinski definition) is 0. The van der Waals surface area contributed by atoms with E-state index in [9.17, 15) is 0 Å². The first-order valence-corrected chi connectivity index (χ1v) is 15.8. The second-order valence-electron chi connectivity index (χ2n) is 11.8. The first-order valence-electron chi connectivity index (χ1n) is 15.8. The smallest absolute Gasteiger partial charge is 0.0970 e. The van der Waals surface area contributed by atoms with Crippen molar-refractivity contribution in [1.82, 2.24) is 9.97 Å². The van der Waals surface area contributed by atoms with E-state index in [1.807, 2.05) is 12.4 Å². The number of benzene rings is 6. The predicted octanol–water partition coefficient (Wildman–Crippen LogP) is 11.7. The number of nitrogens with zero attached hydrogens (tertiary/aromatic N) is 2. The van der Waals surface area contributed by atoms with E-state index in [0.29, 0.717) is 0 Å². The van der Waals surface area contributed by atoms with Crippen molar-refractivity contribution in [3.63, 3.8) is 0 Å². The molecule has 0 bridgehead atoms. The summed E-state index contributed by atoms with van der Waals surface area (Å²) in [7, 11) is 0. The van der Waals surface area contributed by atoms with Gasteiger partial charge < -0.3 is 0 Å². The normalized spacial score (nSPS) is 11.8. The summed E-state index contributed by atoms with van der Waals surface area (Å²) in [6.07, 6.45) is 6.01. The minimum absolute atomic E-state index is 0.919. The molecule has 8 rings (SSSR count). The van der Waals surface area contributed by atoms with Crippen LogP contribution in [0.5, 0.6) is 0 Å². The third-order valence-corrected chi connectivity index (χ3v) is 9.15. The molecule has 2 aromatic heterocycles. The minimum atomic E-state index is 0.919. The predicted molar refractivity (Wildman–Crippen MR) is 195 cm³/mol. The quantitative estimate of drug-likeness (QED) is 0.187. The standard InChI is InChI=1S/C44H32N2/c1-3-35(36-12-6-4-9-29(36)2)31-15-17-33(18-16-31)39-25-27-45-43-41(39)23-24-42-40(26-28-46-44(42)43)34-21-19-32(20-22-34)38-14-8-11-30-10-5-7-13-37(30)38/h3-28H,1-2H3. The zero-order valence-corrected chi connectivity index (χ0v) is 25.9. The molecule has 0 fully saturated rings. The van der Waals surface area contributed by atoms with Gasteiger partial charge in [-0.25, -0.2) is 0 Å². The Balaban J connectivity index is 1.16. The molecule has 8 aromatic rings. The van der Waals surface area contributed by atoms with Crippen molar-refractivity contribution >= 4 is 38.2 Å². The number of rotatable bonds is 5. The fraction of sp³-hybridized carbons (Fsp3) is 0.0455. The van der Waals surface area contributed by atoms with Gasteiger partial charge in [-0.05, 0) is 92.4 Å². The summed E-state index contributed by atoms with van der Waals surface area (Å²) in [4.78, 5) is 9.70. The highest BCUT2D eigenvalue weighted by Gasteiger charge is 2.14. The maximum absolute atomic E-state index is 4.85. The summed E-state index contributed by atoms with van der Waals surface area (Å²) in [5, 5.41) is 4.72. The summed E-state index contributed by atoms with van der Waals surface area (Å²) < 4.78 is 0. The molecule has 0 unspecified atom stereocenters. The van der Waals surface area contributed by atoms with Crippen molar-refractivity contribution in [1.29, 1.82) is 0 Å². The van der Waals surface area contributed by atoms with E-state index in [-0.39, 0.29) is 0 Å². The Hall–Kier alpha value is -5.86. The van der Waals surface area contributed by atoms with Gasteiger partial charge in [0.1, 0.15) is 0 Å². The first-order chi connectivity index (χ1) is 22.7. The maximum Gasteiger partial charge on any atom is 0.0970 e. The Morgan fingerprint density at radius 2 is 1.00 bits per heavy atom. The van der Waals surface area contributed by atoms with Crippen molar-refractivity contribution in [2.45, 2.75) is 13.8 Å². The molecule has 46 heavy (non-hydrogen) atoms. The van der Waals surface area contributed by atoms with Crippen LogP contribution in [0.25, 0.3) is 71.5 Å². The monoisotopic (exact) mass is 588 g/mol. The molecule has 0 N–H and O–H groups in total. The van der Waals surface area contributed by atoms with Crippen molar-refractivity contribution in [2.24, 2.45) is 0 Å². The third kappa shape index (κ3) is 4.76. The molecule has 2 heteroatoms. The van der Waals surface area contributed by atoms with Crippen LogP contribution in [0.3, 0.4) is 0 Å². The molecule has 218 valence electrons. The molecule has 2 nitrogen and oxygen atoms in total. The van der Waals surface area contributed by atoms with Crippen LogP contribution in [0, 0.1) is 6.92 Å². The molecular formula is C44H32N2. The molecule has 0 saturated heterocycles. The van der Waals surface area contributed by atoms with Crippen LogP contribution in [-0.4, -0.2) is 9.97 Å². The highest BCUT2D eigenvalue weighted by Crippen LogP contribution is 2.37. The van der Waals surface area contributed by atoms with Crippen LogP contribution >= 0.6 is 0 Å². The van der Waals surface area contributed by atoms with E-state index in [4.69, 9.17) is 9.97 Å². The lowest BCUT2D eigenvalue weighted by atomic mass is 9.92.